The molecular formula is C15H15Cl2NO. The fraction of sp³-hybridized carbons (Fsp3) is 0.200. The summed E-state index contributed by atoms with van der Waals surface area (Å²) < 4.78 is 5.23. The third-order valence-electron chi connectivity index (χ3n) is 3.16. The van der Waals surface area contributed by atoms with E-state index in [1.165, 1.54) is 0 Å². The highest BCUT2D eigenvalue weighted by atomic mass is 35.5. The Morgan fingerprint density at radius 2 is 1.84 bits per heavy atom. The number of halogens is 2. The molecule has 100 valence electrons. The summed E-state index contributed by atoms with van der Waals surface area (Å²) in [7, 11) is 1.62. The van der Waals surface area contributed by atoms with E-state index < -0.39 is 5.54 Å². The first-order valence-corrected chi connectivity index (χ1v) is 6.59. The number of hydrogen-bond acceptors (Lipinski definition) is 2. The maximum Gasteiger partial charge on any atom is 0.119 e. The van der Waals surface area contributed by atoms with Crippen molar-refractivity contribution in [3.05, 3.63) is 63.6 Å². The standard InChI is InChI=1S/C15H15Cl2NO/c1-15(18,10-4-3-5-12(8-10)19-2)13-9-11(16)6-7-14(13)17/h3-9H,18H2,1-2H3. The summed E-state index contributed by atoms with van der Waals surface area (Å²) in [6, 6.07) is 12.9. The summed E-state index contributed by atoms with van der Waals surface area (Å²) >= 11 is 12.3. The van der Waals surface area contributed by atoms with Crippen molar-refractivity contribution in [3.63, 3.8) is 0 Å². The van der Waals surface area contributed by atoms with E-state index in [-0.39, 0.29) is 0 Å². The molecule has 0 spiro atoms. The molecular weight excluding hydrogens is 281 g/mol. The minimum Gasteiger partial charge on any atom is -0.497 e. The number of nitrogens with two attached hydrogens (primary N) is 1. The molecule has 0 saturated carbocycles. The Bertz CT molecular complexity index is 596. The van der Waals surface area contributed by atoms with Crippen LogP contribution in [0.5, 0.6) is 5.75 Å². The molecule has 19 heavy (non-hydrogen) atoms. The first-order valence-electron chi connectivity index (χ1n) is 5.84. The second-order valence-electron chi connectivity index (χ2n) is 4.56. The number of ether oxygens (including phenoxy) is 1. The molecule has 0 aromatic heterocycles. The van der Waals surface area contributed by atoms with Crippen LogP contribution >= 0.6 is 23.2 Å². The van der Waals surface area contributed by atoms with E-state index in [1.807, 2.05) is 31.2 Å². The van der Waals surface area contributed by atoms with Crippen LogP contribution in [-0.2, 0) is 5.54 Å². The largest absolute Gasteiger partial charge is 0.497 e. The van der Waals surface area contributed by atoms with Crippen molar-refractivity contribution in [2.45, 2.75) is 12.5 Å². The molecule has 2 aromatic carbocycles. The second kappa shape index (κ2) is 5.41. The summed E-state index contributed by atoms with van der Waals surface area (Å²) in [4.78, 5) is 0. The summed E-state index contributed by atoms with van der Waals surface area (Å²) in [6.07, 6.45) is 0. The molecule has 0 radical (unpaired) electrons. The highest BCUT2D eigenvalue weighted by Crippen LogP contribution is 2.34. The minimum absolute atomic E-state index is 0.595. The molecule has 0 bridgehead atoms. The van der Waals surface area contributed by atoms with E-state index in [1.54, 1.807) is 25.3 Å². The van der Waals surface area contributed by atoms with Gasteiger partial charge in [0.1, 0.15) is 5.75 Å². The normalized spacial score (nSPS) is 13.9. The summed E-state index contributed by atoms with van der Waals surface area (Å²) in [5.41, 5.74) is 7.41. The van der Waals surface area contributed by atoms with Gasteiger partial charge in [0.15, 0.2) is 0 Å². The van der Waals surface area contributed by atoms with Crippen molar-refractivity contribution in [3.8, 4) is 5.75 Å². The lowest BCUT2D eigenvalue weighted by atomic mass is 9.85. The lowest BCUT2D eigenvalue weighted by molar-refractivity contribution is 0.413. The summed E-state index contributed by atoms with van der Waals surface area (Å²) in [5.74, 6) is 0.757. The molecule has 0 heterocycles. The minimum atomic E-state index is -0.740. The molecule has 0 aliphatic carbocycles. The van der Waals surface area contributed by atoms with Crippen LogP contribution in [-0.4, -0.2) is 7.11 Å². The van der Waals surface area contributed by atoms with E-state index in [4.69, 9.17) is 33.7 Å². The molecule has 2 nitrogen and oxygen atoms in total. The third-order valence-corrected chi connectivity index (χ3v) is 3.72. The van der Waals surface area contributed by atoms with E-state index >= 15 is 0 Å². The number of rotatable bonds is 3. The number of hydrogen-bond donors (Lipinski definition) is 1. The Hall–Kier alpha value is -1.22. The highest BCUT2D eigenvalue weighted by Gasteiger charge is 2.26. The van der Waals surface area contributed by atoms with Crippen LogP contribution in [0.1, 0.15) is 18.1 Å². The van der Waals surface area contributed by atoms with Gasteiger partial charge < -0.3 is 10.5 Å². The molecule has 2 aromatic rings. The van der Waals surface area contributed by atoms with Gasteiger partial charge in [-0.15, -0.1) is 0 Å². The van der Waals surface area contributed by atoms with Crippen molar-refractivity contribution < 1.29 is 4.74 Å². The van der Waals surface area contributed by atoms with Crippen molar-refractivity contribution in [1.82, 2.24) is 0 Å². The molecule has 2 rings (SSSR count). The molecule has 0 saturated heterocycles. The van der Waals surface area contributed by atoms with E-state index in [0.29, 0.717) is 10.0 Å². The molecule has 2 N–H and O–H groups in total. The zero-order valence-electron chi connectivity index (χ0n) is 10.8. The smallest absolute Gasteiger partial charge is 0.119 e. The van der Waals surface area contributed by atoms with Gasteiger partial charge in [0.05, 0.1) is 12.6 Å². The first kappa shape index (κ1) is 14.2. The quantitative estimate of drug-likeness (QED) is 0.920. The SMILES string of the molecule is COc1cccc(C(C)(N)c2cc(Cl)ccc2Cl)c1. The molecule has 0 aliphatic heterocycles. The average molecular weight is 296 g/mol. The van der Waals surface area contributed by atoms with Crippen LogP contribution in [0, 0.1) is 0 Å². The third kappa shape index (κ3) is 2.86. The first-order chi connectivity index (χ1) is 8.95. The Labute approximate surface area is 123 Å². The van der Waals surface area contributed by atoms with Gasteiger partial charge in [0.2, 0.25) is 0 Å². The van der Waals surface area contributed by atoms with Gasteiger partial charge in [0.25, 0.3) is 0 Å². The molecule has 0 fully saturated rings. The topological polar surface area (TPSA) is 35.2 Å². The zero-order valence-corrected chi connectivity index (χ0v) is 12.3. The van der Waals surface area contributed by atoms with Crippen molar-refractivity contribution in [2.75, 3.05) is 7.11 Å². The lowest BCUT2D eigenvalue weighted by Crippen LogP contribution is -2.34. The number of benzene rings is 2. The average Bonchev–Trinajstić information content (AvgIpc) is 2.41. The van der Waals surface area contributed by atoms with E-state index in [9.17, 15) is 0 Å². The van der Waals surface area contributed by atoms with Crippen molar-refractivity contribution in [2.24, 2.45) is 5.73 Å². The summed E-state index contributed by atoms with van der Waals surface area (Å²) in [6.45, 7) is 1.90. The fourth-order valence-corrected chi connectivity index (χ4v) is 2.48. The highest BCUT2D eigenvalue weighted by molar-refractivity contribution is 6.33. The molecule has 0 aliphatic rings. The predicted octanol–water partition coefficient (Wildman–Crippen LogP) is 4.22. The molecule has 4 heteroatoms. The van der Waals surface area contributed by atoms with Gasteiger partial charge in [-0.1, -0.05) is 35.3 Å². The van der Waals surface area contributed by atoms with Crippen LogP contribution in [0.3, 0.4) is 0 Å². The van der Waals surface area contributed by atoms with Crippen LogP contribution < -0.4 is 10.5 Å². The van der Waals surface area contributed by atoms with Gasteiger partial charge in [-0.25, -0.2) is 0 Å². The number of methoxy groups -OCH3 is 1. The predicted molar refractivity (Wildman–Crippen MR) is 80.1 cm³/mol. The fourth-order valence-electron chi connectivity index (χ4n) is 2.00. The summed E-state index contributed by atoms with van der Waals surface area (Å²) in [5, 5.41) is 1.20. The van der Waals surface area contributed by atoms with Crippen LogP contribution in [0.2, 0.25) is 10.0 Å². The zero-order chi connectivity index (χ0) is 14.0. The van der Waals surface area contributed by atoms with Gasteiger partial charge in [-0.3, -0.25) is 0 Å². The Morgan fingerprint density at radius 1 is 1.11 bits per heavy atom. The van der Waals surface area contributed by atoms with Crippen LogP contribution in [0.25, 0.3) is 0 Å². The van der Waals surface area contributed by atoms with Gasteiger partial charge in [-0.2, -0.15) is 0 Å². The molecule has 0 amide bonds. The molecule has 1 atom stereocenters. The van der Waals surface area contributed by atoms with Gasteiger partial charge in [-0.05, 0) is 48.4 Å². The van der Waals surface area contributed by atoms with Crippen LogP contribution in [0.4, 0.5) is 0 Å². The van der Waals surface area contributed by atoms with Crippen molar-refractivity contribution >= 4 is 23.2 Å². The van der Waals surface area contributed by atoms with Gasteiger partial charge in [0, 0.05) is 10.0 Å². The monoisotopic (exact) mass is 295 g/mol. The Morgan fingerprint density at radius 3 is 2.53 bits per heavy atom. The van der Waals surface area contributed by atoms with E-state index in [2.05, 4.69) is 0 Å². The van der Waals surface area contributed by atoms with Crippen molar-refractivity contribution in [1.29, 1.82) is 0 Å². The Balaban J connectivity index is 2.54. The molecule has 1 unspecified atom stereocenters. The maximum absolute atomic E-state index is 6.45. The Kier molecular flexibility index (Phi) is 4.04. The van der Waals surface area contributed by atoms with E-state index in [0.717, 1.165) is 16.9 Å². The maximum atomic E-state index is 6.45. The van der Waals surface area contributed by atoms with Gasteiger partial charge >= 0.3 is 0 Å². The second-order valence-corrected chi connectivity index (χ2v) is 5.40. The van der Waals surface area contributed by atoms with Crippen LogP contribution in [0.15, 0.2) is 42.5 Å². The lowest BCUT2D eigenvalue weighted by Gasteiger charge is -2.27.